The highest BCUT2D eigenvalue weighted by Crippen LogP contribution is 2.29. The van der Waals surface area contributed by atoms with Gasteiger partial charge in [-0.3, -0.25) is 20.2 Å². The van der Waals surface area contributed by atoms with E-state index in [1.54, 1.807) is 12.1 Å². The minimum Gasteiger partial charge on any atom is -0.452 e. The first-order chi connectivity index (χ1) is 15.3. The minimum atomic E-state index is -0.874. The molecular weight excluding hydrogens is 416 g/mol. The van der Waals surface area contributed by atoms with Crippen LogP contribution in [0.3, 0.4) is 0 Å². The molecular formula is C22H24N4O6. The summed E-state index contributed by atoms with van der Waals surface area (Å²) in [6.07, 6.45) is 1.90. The third-order valence-electron chi connectivity index (χ3n) is 5.30. The molecule has 0 saturated carbocycles. The molecule has 1 aliphatic heterocycles. The summed E-state index contributed by atoms with van der Waals surface area (Å²) in [4.78, 5) is 49.2. The second-order valence-electron chi connectivity index (χ2n) is 7.48. The van der Waals surface area contributed by atoms with E-state index >= 15 is 0 Å². The average molecular weight is 440 g/mol. The van der Waals surface area contributed by atoms with Gasteiger partial charge in [0.25, 0.3) is 11.6 Å². The van der Waals surface area contributed by atoms with Crippen molar-refractivity contribution in [2.45, 2.75) is 26.7 Å². The fourth-order valence-electron chi connectivity index (χ4n) is 3.45. The third-order valence-corrected chi connectivity index (χ3v) is 5.30. The first kappa shape index (κ1) is 22.7. The van der Waals surface area contributed by atoms with E-state index in [1.165, 1.54) is 12.1 Å². The molecule has 1 aliphatic rings. The number of amides is 3. The molecule has 0 unspecified atom stereocenters. The number of nitrogens with one attached hydrogen (secondary N) is 2. The zero-order valence-electron chi connectivity index (χ0n) is 17.8. The summed E-state index contributed by atoms with van der Waals surface area (Å²) >= 11 is 0. The van der Waals surface area contributed by atoms with Crippen molar-refractivity contribution in [3.63, 3.8) is 0 Å². The quantitative estimate of drug-likeness (QED) is 0.400. The number of rotatable bonds is 6. The van der Waals surface area contributed by atoms with Crippen LogP contribution in [0.5, 0.6) is 0 Å². The van der Waals surface area contributed by atoms with Gasteiger partial charge in [-0.15, -0.1) is 0 Å². The number of non-ortho nitro benzene ring substituents is 1. The summed E-state index contributed by atoms with van der Waals surface area (Å²) in [7, 11) is 0. The number of carbonyl (C=O) groups excluding carboxylic acids is 3. The Morgan fingerprint density at radius 1 is 1.12 bits per heavy atom. The molecule has 10 nitrogen and oxygen atoms in total. The fraction of sp³-hybridized carbons (Fsp3) is 0.318. The van der Waals surface area contributed by atoms with Crippen LogP contribution in [0.15, 0.2) is 36.4 Å². The van der Waals surface area contributed by atoms with Crippen LogP contribution in [0.2, 0.25) is 0 Å². The SMILES string of the molecule is Cc1cccc(NC(=O)NC(=O)COC(=O)c2cc([N+](=O)[O-])ccc2N2CCCC2)c1C. The van der Waals surface area contributed by atoms with Crippen LogP contribution < -0.4 is 15.5 Å². The number of ether oxygens (including phenoxy) is 1. The Labute approximate surface area is 184 Å². The van der Waals surface area contributed by atoms with E-state index < -0.39 is 29.4 Å². The van der Waals surface area contributed by atoms with E-state index in [0.29, 0.717) is 11.4 Å². The molecule has 0 aromatic heterocycles. The molecule has 0 aliphatic carbocycles. The molecule has 2 aromatic carbocycles. The molecule has 1 fully saturated rings. The van der Waals surface area contributed by atoms with Crippen molar-refractivity contribution in [2.24, 2.45) is 0 Å². The van der Waals surface area contributed by atoms with Gasteiger partial charge in [0.05, 0.1) is 16.2 Å². The van der Waals surface area contributed by atoms with E-state index in [2.05, 4.69) is 10.6 Å². The van der Waals surface area contributed by atoms with Crippen LogP contribution in [0.4, 0.5) is 21.9 Å². The molecule has 1 heterocycles. The molecule has 10 heteroatoms. The maximum Gasteiger partial charge on any atom is 0.341 e. The summed E-state index contributed by atoms with van der Waals surface area (Å²) in [5.74, 6) is -1.70. The summed E-state index contributed by atoms with van der Waals surface area (Å²) < 4.78 is 5.04. The summed E-state index contributed by atoms with van der Waals surface area (Å²) in [6, 6.07) is 8.60. The van der Waals surface area contributed by atoms with Crippen LogP contribution >= 0.6 is 0 Å². The number of anilines is 2. The largest absolute Gasteiger partial charge is 0.452 e. The maximum atomic E-state index is 12.6. The van der Waals surface area contributed by atoms with Gasteiger partial charge in [-0.05, 0) is 49.9 Å². The van der Waals surface area contributed by atoms with E-state index in [4.69, 9.17) is 4.74 Å². The third kappa shape index (κ3) is 5.39. The highest BCUT2D eigenvalue weighted by molar-refractivity contribution is 6.03. The topological polar surface area (TPSA) is 131 Å². The van der Waals surface area contributed by atoms with Crippen molar-refractivity contribution >= 4 is 35.0 Å². The predicted molar refractivity (Wildman–Crippen MR) is 118 cm³/mol. The summed E-state index contributed by atoms with van der Waals surface area (Å²) in [5, 5.41) is 15.8. The second kappa shape index (κ2) is 9.90. The summed E-state index contributed by atoms with van der Waals surface area (Å²) in [5.41, 5.74) is 2.67. The molecule has 0 atom stereocenters. The molecule has 3 amide bonds. The normalized spacial score (nSPS) is 12.9. The van der Waals surface area contributed by atoms with Gasteiger partial charge < -0.3 is 15.0 Å². The van der Waals surface area contributed by atoms with Crippen molar-refractivity contribution in [3.05, 3.63) is 63.2 Å². The average Bonchev–Trinajstić information content (AvgIpc) is 3.29. The first-order valence-corrected chi connectivity index (χ1v) is 10.1. The van der Waals surface area contributed by atoms with Gasteiger partial charge in [0.1, 0.15) is 0 Å². The Balaban J connectivity index is 1.62. The maximum absolute atomic E-state index is 12.6. The smallest absolute Gasteiger partial charge is 0.341 e. The monoisotopic (exact) mass is 440 g/mol. The Hall–Kier alpha value is -3.95. The number of nitro benzene ring substituents is 1. The predicted octanol–water partition coefficient (Wildman–Crippen LogP) is 3.32. The van der Waals surface area contributed by atoms with E-state index in [9.17, 15) is 24.5 Å². The van der Waals surface area contributed by atoms with Crippen LogP contribution in [0.25, 0.3) is 0 Å². The van der Waals surface area contributed by atoms with Crippen LogP contribution in [0.1, 0.15) is 34.3 Å². The van der Waals surface area contributed by atoms with Crippen molar-refractivity contribution in [3.8, 4) is 0 Å². The van der Waals surface area contributed by atoms with Crippen molar-refractivity contribution in [1.29, 1.82) is 0 Å². The number of imide groups is 1. The number of carbonyl (C=O) groups is 3. The van der Waals surface area contributed by atoms with Gasteiger partial charge in [0.2, 0.25) is 0 Å². The molecule has 32 heavy (non-hydrogen) atoms. The highest BCUT2D eigenvalue weighted by atomic mass is 16.6. The van der Waals surface area contributed by atoms with Gasteiger partial charge in [-0.1, -0.05) is 12.1 Å². The lowest BCUT2D eigenvalue weighted by molar-refractivity contribution is -0.384. The number of hydrogen-bond acceptors (Lipinski definition) is 7. The zero-order valence-corrected chi connectivity index (χ0v) is 17.8. The van der Waals surface area contributed by atoms with Crippen LogP contribution in [0, 0.1) is 24.0 Å². The molecule has 3 rings (SSSR count). The molecule has 2 aromatic rings. The fourth-order valence-corrected chi connectivity index (χ4v) is 3.45. The molecule has 168 valence electrons. The van der Waals surface area contributed by atoms with Crippen molar-refractivity contribution in [1.82, 2.24) is 5.32 Å². The van der Waals surface area contributed by atoms with Crippen molar-refractivity contribution < 1.29 is 24.0 Å². The standard InChI is InChI=1S/C22H24N4O6/c1-14-6-5-7-18(15(14)2)23-22(29)24-20(27)13-32-21(28)17-12-16(26(30)31)8-9-19(17)25-10-3-4-11-25/h5-9,12H,3-4,10-11,13H2,1-2H3,(H2,23,24,27,29). The van der Waals surface area contributed by atoms with Crippen LogP contribution in [-0.2, 0) is 9.53 Å². The van der Waals surface area contributed by atoms with E-state index in [1.807, 2.05) is 24.8 Å². The molecule has 0 bridgehead atoms. The number of aryl methyl sites for hydroxylation is 1. The second-order valence-corrected chi connectivity index (χ2v) is 7.48. The lowest BCUT2D eigenvalue weighted by Gasteiger charge is -2.20. The number of benzene rings is 2. The minimum absolute atomic E-state index is 0.00809. The number of nitrogens with zero attached hydrogens (tertiary/aromatic N) is 2. The Kier molecular flexibility index (Phi) is 7.04. The van der Waals surface area contributed by atoms with Crippen LogP contribution in [-0.4, -0.2) is 42.5 Å². The highest BCUT2D eigenvalue weighted by Gasteiger charge is 2.24. The van der Waals surface area contributed by atoms with Gasteiger partial charge in [0, 0.05) is 30.9 Å². The summed E-state index contributed by atoms with van der Waals surface area (Å²) in [6.45, 7) is 4.47. The lowest BCUT2D eigenvalue weighted by Crippen LogP contribution is -2.37. The molecule has 2 N–H and O–H groups in total. The Bertz CT molecular complexity index is 1060. The lowest BCUT2D eigenvalue weighted by atomic mass is 10.1. The first-order valence-electron chi connectivity index (χ1n) is 10.1. The van der Waals surface area contributed by atoms with E-state index in [-0.39, 0.29) is 11.3 Å². The van der Waals surface area contributed by atoms with Crippen molar-refractivity contribution in [2.75, 3.05) is 29.9 Å². The molecule has 1 saturated heterocycles. The number of esters is 1. The number of urea groups is 1. The van der Waals surface area contributed by atoms with Gasteiger partial charge in [-0.2, -0.15) is 0 Å². The molecule has 0 radical (unpaired) electrons. The molecule has 0 spiro atoms. The number of hydrogen-bond donors (Lipinski definition) is 2. The number of nitro groups is 1. The van der Waals surface area contributed by atoms with Gasteiger partial charge in [0.15, 0.2) is 6.61 Å². The van der Waals surface area contributed by atoms with E-state index in [0.717, 1.165) is 43.1 Å². The van der Waals surface area contributed by atoms with Gasteiger partial charge >= 0.3 is 12.0 Å². The van der Waals surface area contributed by atoms with Gasteiger partial charge in [-0.25, -0.2) is 9.59 Å². The Morgan fingerprint density at radius 2 is 1.84 bits per heavy atom. The zero-order chi connectivity index (χ0) is 23.3. The Morgan fingerprint density at radius 3 is 2.53 bits per heavy atom.